The van der Waals surface area contributed by atoms with E-state index in [-0.39, 0.29) is 17.5 Å². The lowest BCUT2D eigenvalue weighted by Gasteiger charge is -2.16. The topological polar surface area (TPSA) is 66.4 Å². The molecule has 74 valence electrons. The smallest absolute Gasteiger partial charge is 0.154 e. The summed E-state index contributed by atoms with van der Waals surface area (Å²) in [5.74, 6) is 2.23. The zero-order chi connectivity index (χ0) is 10.1. The van der Waals surface area contributed by atoms with Gasteiger partial charge in [-0.2, -0.15) is 0 Å². The molecule has 2 N–H and O–H groups in total. The summed E-state index contributed by atoms with van der Waals surface area (Å²) in [6.45, 7) is 1.75. The third-order valence-corrected chi connectivity index (χ3v) is 3.75. The minimum Gasteiger partial charge on any atom is -0.390 e. The average molecular weight is 203 g/mol. The van der Waals surface area contributed by atoms with Crippen molar-refractivity contribution in [2.75, 3.05) is 11.5 Å². The van der Waals surface area contributed by atoms with Gasteiger partial charge in [0.25, 0.3) is 0 Å². The van der Waals surface area contributed by atoms with Gasteiger partial charge < -0.3 is 5.11 Å². The molecule has 0 aliphatic carbocycles. The molecule has 1 aliphatic rings. The average Bonchev–Trinajstić information content (AvgIpc) is 2.24. The first-order chi connectivity index (χ1) is 5.94. The monoisotopic (exact) mass is 203 g/mol. The molecule has 1 fully saturated rings. The predicted octanol–water partition coefficient (Wildman–Crippen LogP) is -1.24. The summed E-state index contributed by atoms with van der Waals surface area (Å²) in [5.41, 5.74) is 0. The Balaban J connectivity index is 2.60. The normalized spacial score (nSPS) is 33.9. The number of aliphatic hydroxyl groups excluding tert-OH is 1. The quantitative estimate of drug-likeness (QED) is 0.551. The SMILES string of the molecule is C#CC(C)NC1CS(=O)(=O)CC1O. The predicted molar refractivity (Wildman–Crippen MR) is 49.9 cm³/mol. The summed E-state index contributed by atoms with van der Waals surface area (Å²) in [4.78, 5) is 0. The van der Waals surface area contributed by atoms with Crippen molar-refractivity contribution in [1.82, 2.24) is 5.32 Å². The zero-order valence-corrected chi connectivity index (χ0v) is 8.21. The molecule has 5 heteroatoms. The second-order valence-corrected chi connectivity index (χ2v) is 5.46. The molecule has 1 heterocycles. The number of hydrogen-bond acceptors (Lipinski definition) is 4. The Morgan fingerprint density at radius 2 is 2.23 bits per heavy atom. The van der Waals surface area contributed by atoms with Gasteiger partial charge >= 0.3 is 0 Å². The fourth-order valence-corrected chi connectivity index (χ4v) is 3.11. The molecule has 0 amide bonds. The zero-order valence-electron chi connectivity index (χ0n) is 7.40. The van der Waals surface area contributed by atoms with Gasteiger partial charge in [0.15, 0.2) is 9.84 Å². The van der Waals surface area contributed by atoms with Crippen LogP contribution in [0, 0.1) is 12.3 Å². The highest BCUT2D eigenvalue weighted by Crippen LogP contribution is 2.12. The maximum absolute atomic E-state index is 11.1. The summed E-state index contributed by atoms with van der Waals surface area (Å²) >= 11 is 0. The lowest BCUT2D eigenvalue weighted by molar-refractivity contribution is 0.164. The first-order valence-electron chi connectivity index (χ1n) is 4.05. The fraction of sp³-hybridized carbons (Fsp3) is 0.750. The molecule has 3 atom stereocenters. The van der Waals surface area contributed by atoms with E-state index in [0.717, 1.165) is 0 Å². The van der Waals surface area contributed by atoms with Gasteiger partial charge in [-0.1, -0.05) is 5.92 Å². The molecule has 1 aliphatic heterocycles. The summed E-state index contributed by atoms with van der Waals surface area (Å²) < 4.78 is 22.1. The van der Waals surface area contributed by atoms with Crippen LogP contribution < -0.4 is 5.32 Å². The van der Waals surface area contributed by atoms with E-state index in [1.54, 1.807) is 6.92 Å². The van der Waals surface area contributed by atoms with Gasteiger partial charge in [-0.3, -0.25) is 5.32 Å². The van der Waals surface area contributed by atoms with E-state index in [0.29, 0.717) is 0 Å². The third kappa shape index (κ3) is 2.69. The largest absolute Gasteiger partial charge is 0.390 e. The molecule has 0 aromatic heterocycles. The van der Waals surface area contributed by atoms with E-state index >= 15 is 0 Å². The van der Waals surface area contributed by atoms with Crippen LogP contribution in [0.5, 0.6) is 0 Å². The second-order valence-electron chi connectivity index (χ2n) is 3.31. The van der Waals surface area contributed by atoms with Crippen LogP contribution >= 0.6 is 0 Å². The van der Waals surface area contributed by atoms with Crippen molar-refractivity contribution < 1.29 is 13.5 Å². The molecule has 3 unspecified atom stereocenters. The van der Waals surface area contributed by atoms with E-state index in [9.17, 15) is 13.5 Å². The standard InChI is InChI=1S/C8H13NO3S/c1-3-6(2)9-7-4-13(11,12)5-8(7)10/h1,6-10H,4-5H2,2H3. The summed E-state index contributed by atoms with van der Waals surface area (Å²) in [5, 5.41) is 12.2. The lowest BCUT2D eigenvalue weighted by Crippen LogP contribution is -2.43. The molecule has 13 heavy (non-hydrogen) atoms. The summed E-state index contributed by atoms with van der Waals surface area (Å²) in [6.07, 6.45) is 4.29. The van der Waals surface area contributed by atoms with Crippen LogP contribution in [-0.2, 0) is 9.84 Å². The van der Waals surface area contributed by atoms with Gasteiger partial charge in [0.2, 0.25) is 0 Å². The van der Waals surface area contributed by atoms with E-state index in [2.05, 4.69) is 11.2 Å². The molecule has 0 bridgehead atoms. The van der Waals surface area contributed by atoms with Gasteiger partial charge in [-0.15, -0.1) is 6.42 Å². The minimum absolute atomic E-state index is 0.0276. The lowest BCUT2D eigenvalue weighted by atomic mass is 10.2. The Morgan fingerprint density at radius 1 is 1.62 bits per heavy atom. The number of terminal acetylenes is 1. The van der Waals surface area contributed by atoms with E-state index in [4.69, 9.17) is 6.42 Å². The first kappa shape index (κ1) is 10.5. The van der Waals surface area contributed by atoms with Crippen molar-refractivity contribution in [2.24, 2.45) is 0 Å². The molecule has 4 nitrogen and oxygen atoms in total. The van der Waals surface area contributed by atoms with E-state index < -0.39 is 22.0 Å². The molecular formula is C8H13NO3S. The number of aliphatic hydroxyl groups is 1. The van der Waals surface area contributed by atoms with Crippen LogP contribution in [0.25, 0.3) is 0 Å². The van der Waals surface area contributed by atoms with Crippen LogP contribution in [0.4, 0.5) is 0 Å². The summed E-state index contributed by atoms with van der Waals surface area (Å²) in [7, 11) is -3.08. The van der Waals surface area contributed by atoms with Crippen LogP contribution in [0.15, 0.2) is 0 Å². The maximum atomic E-state index is 11.1. The van der Waals surface area contributed by atoms with Gasteiger partial charge in [0, 0.05) is 6.04 Å². The van der Waals surface area contributed by atoms with Crippen molar-refractivity contribution >= 4 is 9.84 Å². The number of hydrogen-bond donors (Lipinski definition) is 2. The van der Waals surface area contributed by atoms with Gasteiger partial charge in [-0.25, -0.2) is 8.42 Å². The fourth-order valence-electron chi connectivity index (χ4n) is 1.36. The van der Waals surface area contributed by atoms with Crippen molar-refractivity contribution in [3.8, 4) is 12.3 Å². The van der Waals surface area contributed by atoms with Crippen LogP contribution in [0.1, 0.15) is 6.92 Å². The Hall–Kier alpha value is -0.570. The van der Waals surface area contributed by atoms with Crippen LogP contribution in [-0.4, -0.2) is 43.2 Å². The Morgan fingerprint density at radius 3 is 2.62 bits per heavy atom. The minimum atomic E-state index is -3.08. The Bertz CT molecular complexity index is 317. The number of rotatable bonds is 2. The summed E-state index contributed by atoms with van der Waals surface area (Å²) in [6, 6.07) is -0.635. The number of sulfone groups is 1. The second kappa shape index (κ2) is 3.66. The van der Waals surface area contributed by atoms with Gasteiger partial charge in [0.05, 0.1) is 23.7 Å². The van der Waals surface area contributed by atoms with E-state index in [1.165, 1.54) is 0 Å². The molecule has 0 spiro atoms. The van der Waals surface area contributed by atoms with Crippen LogP contribution in [0.2, 0.25) is 0 Å². The van der Waals surface area contributed by atoms with Crippen molar-refractivity contribution in [3.05, 3.63) is 0 Å². The van der Waals surface area contributed by atoms with Gasteiger partial charge in [-0.05, 0) is 6.92 Å². The van der Waals surface area contributed by atoms with Crippen molar-refractivity contribution in [3.63, 3.8) is 0 Å². The maximum Gasteiger partial charge on any atom is 0.154 e. The van der Waals surface area contributed by atoms with Crippen molar-refractivity contribution in [1.29, 1.82) is 0 Å². The first-order valence-corrected chi connectivity index (χ1v) is 5.87. The van der Waals surface area contributed by atoms with Crippen LogP contribution in [0.3, 0.4) is 0 Å². The van der Waals surface area contributed by atoms with Crippen molar-refractivity contribution in [2.45, 2.75) is 25.1 Å². The molecule has 1 saturated heterocycles. The highest BCUT2D eigenvalue weighted by atomic mass is 32.2. The highest BCUT2D eigenvalue weighted by molar-refractivity contribution is 7.91. The molecular weight excluding hydrogens is 190 g/mol. The molecule has 1 rings (SSSR count). The molecule has 0 aromatic carbocycles. The van der Waals surface area contributed by atoms with E-state index in [1.807, 2.05) is 0 Å². The molecule has 0 saturated carbocycles. The molecule has 0 radical (unpaired) electrons. The third-order valence-electron chi connectivity index (χ3n) is 2.04. The molecule has 0 aromatic rings. The number of nitrogens with one attached hydrogen (secondary N) is 1. The Labute approximate surface area is 78.3 Å². The highest BCUT2D eigenvalue weighted by Gasteiger charge is 2.36. The Kier molecular flexibility index (Phi) is 2.96. The van der Waals surface area contributed by atoms with Gasteiger partial charge in [0.1, 0.15) is 0 Å².